The molecule has 1 fully saturated rings. The number of nitrogens with zero attached hydrogens (tertiary/aromatic N) is 3. The molecule has 1 aliphatic rings. The van der Waals surface area contributed by atoms with Gasteiger partial charge in [0.1, 0.15) is 17.3 Å². The van der Waals surface area contributed by atoms with Crippen molar-refractivity contribution in [3.63, 3.8) is 0 Å². The number of methoxy groups -OCH3 is 1. The average Bonchev–Trinajstić information content (AvgIpc) is 3.53. The first-order valence-corrected chi connectivity index (χ1v) is 12.6. The quantitative estimate of drug-likeness (QED) is 0.147. The van der Waals surface area contributed by atoms with Crippen molar-refractivity contribution in [3.05, 3.63) is 123 Å². The third-order valence-electron chi connectivity index (χ3n) is 5.88. The zero-order chi connectivity index (χ0) is 26.5. The van der Waals surface area contributed by atoms with Gasteiger partial charge in [0, 0.05) is 6.08 Å². The van der Waals surface area contributed by atoms with Crippen LogP contribution in [-0.2, 0) is 17.9 Å². The number of rotatable bonds is 8. The minimum absolute atomic E-state index is 0.131. The Balaban J connectivity index is 1.44. The van der Waals surface area contributed by atoms with Crippen LogP contribution in [0.4, 0.5) is 5.69 Å². The van der Waals surface area contributed by atoms with Crippen LogP contribution < -0.4 is 4.74 Å². The van der Waals surface area contributed by atoms with Gasteiger partial charge >= 0.3 is 0 Å². The van der Waals surface area contributed by atoms with E-state index in [9.17, 15) is 14.9 Å². The second-order valence-corrected chi connectivity index (χ2v) is 9.42. The molecule has 1 aromatic heterocycles. The van der Waals surface area contributed by atoms with Gasteiger partial charge < -0.3 is 9.15 Å². The molecule has 0 saturated carbocycles. The molecule has 2 heterocycles. The van der Waals surface area contributed by atoms with E-state index in [0.29, 0.717) is 46.0 Å². The number of carbonyl (C=O) groups is 1. The molecule has 0 N–H and O–H groups in total. The normalized spacial score (nSPS) is 15.4. The Bertz CT molecular complexity index is 1530. The van der Waals surface area contributed by atoms with E-state index in [0.717, 1.165) is 11.1 Å². The summed E-state index contributed by atoms with van der Waals surface area (Å²) < 4.78 is 11.0. The van der Waals surface area contributed by atoms with Gasteiger partial charge in [-0.1, -0.05) is 60.7 Å². The molecule has 0 radical (unpaired) electrons. The first-order valence-electron chi connectivity index (χ1n) is 11.8. The van der Waals surface area contributed by atoms with E-state index in [1.165, 1.54) is 24.9 Å². The standard InChI is InChI=1S/C29H23N3O5S/c1-36-22-12-14-24(25(16-22)32(34)35)26-15-13-23(37-26)17-27-28(33)31(19-21-10-6-3-7-11-21)29(38-27)30-18-20-8-4-2-5-9-20/h2-17H,18-19H2,1H3/b27-17-,30-29?. The Morgan fingerprint density at radius 3 is 2.39 bits per heavy atom. The molecule has 8 nitrogen and oxygen atoms in total. The zero-order valence-electron chi connectivity index (χ0n) is 20.4. The van der Waals surface area contributed by atoms with Crippen LogP contribution in [0.5, 0.6) is 5.75 Å². The van der Waals surface area contributed by atoms with Crippen LogP contribution in [0.25, 0.3) is 17.4 Å². The Morgan fingerprint density at radius 1 is 1.00 bits per heavy atom. The fraction of sp³-hybridized carbons (Fsp3) is 0.103. The minimum Gasteiger partial charge on any atom is -0.497 e. The van der Waals surface area contributed by atoms with Gasteiger partial charge in [-0.3, -0.25) is 24.8 Å². The van der Waals surface area contributed by atoms with Crippen LogP contribution >= 0.6 is 11.8 Å². The maximum atomic E-state index is 13.4. The highest BCUT2D eigenvalue weighted by atomic mass is 32.2. The molecular weight excluding hydrogens is 502 g/mol. The summed E-state index contributed by atoms with van der Waals surface area (Å²) in [6.07, 6.45) is 1.65. The van der Waals surface area contributed by atoms with Crippen molar-refractivity contribution in [1.29, 1.82) is 0 Å². The molecule has 1 aliphatic heterocycles. The van der Waals surface area contributed by atoms with E-state index in [1.807, 2.05) is 60.7 Å². The second kappa shape index (κ2) is 11.2. The van der Waals surface area contributed by atoms with Gasteiger partial charge in [0.25, 0.3) is 11.6 Å². The molecule has 1 saturated heterocycles. The van der Waals surface area contributed by atoms with E-state index >= 15 is 0 Å². The molecular formula is C29H23N3O5S. The predicted octanol–water partition coefficient (Wildman–Crippen LogP) is 6.54. The van der Waals surface area contributed by atoms with Crippen molar-refractivity contribution < 1.29 is 18.9 Å². The highest BCUT2D eigenvalue weighted by Gasteiger charge is 2.33. The average molecular weight is 526 g/mol. The maximum Gasteiger partial charge on any atom is 0.284 e. The smallest absolute Gasteiger partial charge is 0.284 e. The Labute approximate surface area is 223 Å². The Morgan fingerprint density at radius 2 is 1.71 bits per heavy atom. The molecule has 38 heavy (non-hydrogen) atoms. The van der Waals surface area contributed by atoms with Crippen molar-refractivity contribution in [1.82, 2.24) is 4.90 Å². The number of nitro benzene ring substituents is 1. The molecule has 4 aromatic rings. The summed E-state index contributed by atoms with van der Waals surface area (Å²) in [6, 6.07) is 27.5. The summed E-state index contributed by atoms with van der Waals surface area (Å²) >= 11 is 1.28. The lowest BCUT2D eigenvalue weighted by atomic mass is 10.1. The molecule has 1 amide bonds. The van der Waals surface area contributed by atoms with Gasteiger partial charge in [-0.15, -0.1) is 0 Å². The number of ether oxygens (including phenoxy) is 1. The largest absolute Gasteiger partial charge is 0.497 e. The number of carbonyl (C=O) groups excluding carboxylic acids is 1. The van der Waals surface area contributed by atoms with E-state index in [-0.39, 0.29) is 11.6 Å². The first-order chi connectivity index (χ1) is 18.5. The number of furan rings is 1. The van der Waals surface area contributed by atoms with Gasteiger partial charge in [0.05, 0.1) is 41.7 Å². The Hall–Kier alpha value is -4.63. The molecule has 0 bridgehead atoms. The number of hydrogen-bond acceptors (Lipinski definition) is 7. The van der Waals surface area contributed by atoms with Crippen LogP contribution in [0.2, 0.25) is 0 Å². The second-order valence-electron chi connectivity index (χ2n) is 8.41. The van der Waals surface area contributed by atoms with Crippen LogP contribution in [0.1, 0.15) is 16.9 Å². The lowest BCUT2D eigenvalue weighted by Gasteiger charge is -2.15. The number of hydrogen-bond donors (Lipinski definition) is 0. The minimum atomic E-state index is -0.480. The van der Waals surface area contributed by atoms with Crippen molar-refractivity contribution in [2.24, 2.45) is 4.99 Å². The molecule has 0 unspecified atom stereocenters. The summed E-state index contributed by atoms with van der Waals surface area (Å²) in [6.45, 7) is 0.833. The van der Waals surface area contributed by atoms with Crippen molar-refractivity contribution in [2.45, 2.75) is 13.1 Å². The van der Waals surface area contributed by atoms with Gasteiger partial charge in [-0.2, -0.15) is 0 Å². The summed E-state index contributed by atoms with van der Waals surface area (Å²) in [5.74, 6) is 0.924. The topological polar surface area (TPSA) is 98.2 Å². The molecule has 0 spiro atoms. The van der Waals surface area contributed by atoms with Crippen molar-refractivity contribution >= 4 is 34.6 Å². The van der Waals surface area contributed by atoms with Gasteiger partial charge in [0.15, 0.2) is 5.17 Å². The first kappa shape index (κ1) is 25.0. The highest BCUT2D eigenvalue weighted by molar-refractivity contribution is 8.18. The highest BCUT2D eigenvalue weighted by Crippen LogP contribution is 2.37. The maximum absolute atomic E-state index is 13.4. The number of benzene rings is 3. The van der Waals surface area contributed by atoms with Crippen molar-refractivity contribution in [2.75, 3.05) is 7.11 Å². The SMILES string of the molecule is COc1ccc(-c2ccc(/C=C3\SC(=NCc4ccccc4)N(Cc4ccccc4)C3=O)o2)c([N+](=O)[O-])c1. The monoisotopic (exact) mass is 525 g/mol. The third-order valence-corrected chi connectivity index (χ3v) is 6.92. The van der Waals surface area contributed by atoms with Gasteiger partial charge in [0.2, 0.25) is 0 Å². The molecule has 5 rings (SSSR count). The number of thioether (sulfide) groups is 1. The van der Waals surface area contributed by atoms with Gasteiger partial charge in [-0.05, 0) is 47.2 Å². The third kappa shape index (κ3) is 5.52. The summed E-state index contributed by atoms with van der Waals surface area (Å²) in [7, 11) is 1.45. The van der Waals surface area contributed by atoms with Gasteiger partial charge in [-0.25, -0.2) is 0 Å². The molecule has 190 valence electrons. The van der Waals surface area contributed by atoms with E-state index in [1.54, 1.807) is 35.2 Å². The summed E-state index contributed by atoms with van der Waals surface area (Å²) in [5, 5.41) is 12.2. The van der Waals surface area contributed by atoms with E-state index in [2.05, 4.69) is 0 Å². The fourth-order valence-corrected chi connectivity index (χ4v) is 4.93. The summed E-state index contributed by atoms with van der Waals surface area (Å²) in [5.41, 5.74) is 2.22. The van der Waals surface area contributed by atoms with Crippen LogP contribution in [-0.4, -0.2) is 28.0 Å². The van der Waals surface area contributed by atoms with Crippen LogP contribution in [0.15, 0.2) is 105 Å². The number of amidine groups is 1. The lowest BCUT2D eigenvalue weighted by Crippen LogP contribution is -2.28. The van der Waals surface area contributed by atoms with Crippen LogP contribution in [0.3, 0.4) is 0 Å². The molecule has 0 atom stereocenters. The lowest BCUT2D eigenvalue weighted by molar-refractivity contribution is -0.384. The summed E-state index contributed by atoms with van der Waals surface area (Å²) in [4.78, 5) is 31.4. The van der Waals surface area contributed by atoms with Crippen LogP contribution in [0, 0.1) is 10.1 Å². The Kier molecular flexibility index (Phi) is 7.37. The van der Waals surface area contributed by atoms with Crippen molar-refractivity contribution in [3.8, 4) is 17.1 Å². The van der Waals surface area contributed by atoms with E-state index < -0.39 is 4.92 Å². The molecule has 0 aliphatic carbocycles. The predicted molar refractivity (Wildman–Crippen MR) is 147 cm³/mol. The fourth-order valence-electron chi connectivity index (χ4n) is 3.98. The number of nitro groups is 1. The zero-order valence-corrected chi connectivity index (χ0v) is 21.3. The molecule has 3 aromatic carbocycles. The van der Waals surface area contributed by atoms with E-state index in [4.69, 9.17) is 14.1 Å². The number of amides is 1. The number of aliphatic imine (C=N–C) groups is 1. The molecule has 9 heteroatoms.